The fraction of sp³-hybridized carbons (Fsp3) is 0.185. The van der Waals surface area contributed by atoms with Gasteiger partial charge in [-0.1, -0.05) is 55.9 Å². The highest BCUT2D eigenvalue weighted by atomic mass is 32.2. The van der Waals surface area contributed by atoms with E-state index in [1.165, 1.54) is 47.0 Å². The van der Waals surface area contributed by atoms with Gasteiger partial charge in [0, 0.05) is 5.56 Å². The normalized spacial score (nSPS) is 15.0. The van der Waals surface area contributed by atoms with Crippen molar-refractivity contribution in [1.29, 1.82) is 0 Å². The lowest BCUT2D eigenvalue weighted by atomic mass is 10.0. The van der Waals surface area contributed by atoms with Crippen molar-refractivity contribution >= 4 is 28.8 Å². The van der Waals surface area contributed by atoms with Crippen LogP contribution in [0.25, 0.3) is 17.1 Å². The maximum atomic E-state index is 13.9. The minimum atomic E-state index is -4.39. The molecule has 3 aromatic carbocycles. The first kappa shape index (κ1) is 25.7. The van der Waals surface area contributed by atoms with Crippen LogP contribution < -0.4 is 4.90 Å². The van der Waals surface area contributed by atoms with E-state index in [0.29, 0.717) is 22.6 Å². The Morgan fingerprint density at radius 2 is 1.74 bits per heavy atom. The number of nitrogens with zero attached hydrogens (tertiary/aromatic N) is 6. The van der Waals surface area contributed by atoms with E-state index in [2.05, 4.69) is 34.1 Å². The summed E-state index contributed by atoms with van der Waals surface area (Å²) >= 11 is 1.54. The van der Waals surface area contributed by atoms with Crippen molar-refractivity contribution < 1.29 is 17.6 Å². The molecule has 1 saturated heterocycles. The van der Waals surface area contributed by atoms with Gasteiger partial charge in [0.15, 0.2) is 11.0 Å². The molecule has 1 aliphatic heterocycles. The number of rotatable bonds is 6. The van der Waals surface area contributed by atoms with Crippen LogP contribution in [0.2, 0.25) is 0 Å². The molecule has 0 saturated carbocycles. The third kappa shape index (κ3) is 5.47. The average molecular weight is 539 g/mol. The third-order valence-corrected chi connectivity index (χ3v) is 6.88. The number of hydrogen-bond acceptors (Lipinski definition) is 5. The van der Waals surface area contributed by atoms with E-state index in [-0.39, 0.29) is 11.7 Å². The van der Waals surface area contributed by atoms with E-state index >= 15 is 0 Å². The van der Waals surface area contributed by atoms with Gasteiger partial charge in [-0.25, -0.2) is 14.1 Å². The Morgan fingerprint density at radius 3 is 2.37 bits per heavy atom. The van der Waals surface area contributed by atoms with Gasteiger partial charge in [0.1, 0.15) is 12.1 Å². The highest BCUT2D eigenvalue weighted by molar-refractivity contribution is 8.16. The second-order valence-corrected chi connectivity index (χ2v) is 9.78. The third-order valence-electron chi connectivity index (χ3n) is 5.93. The van der Waals surface area contributed by atoms with Crippen molar-refractivity contribution in [3.63, 3.8) is 0 Å². The van der Waals surface area contributed by atoms with Gasteiger partial charge in [0.2, 0.25) is 0 Å². The number of thioether (sulfide) groups is 1. The van der Waals surface area contributed by atoms with Crippen LogP contribution in [0.3, 0.4) is 0 Å². The van der Waals surface area contributed by atoms with E-state index in [9.17, 15) is 17.6 Å². The summed E-state index contributed by atoms with van der Waals surface area (Å²) in [6.45, 7) is 4.13. The molecule has 0 amide bonds. The van der Waals surface area contributed by atoms with Gasteiger partial charge in [0.25, 0.3) is 0 Å². The number of aromatic nitrogens is 3. The molecular weight excluding hydrogens is 516 g/mol. The second-order valence-electron chi connectivity index (χ2n) is 8.87. The Kier molecular flexibility index (Phi) is 7.02. The van der Waals surface area contributed by atoms with Crippen molar-refractivity contribution in [1.82, 2.24) is 14.8 Å². The second kappa shape index (κ2) is 10.4. The Morgan fingerprint density at radius 1 is 1.00 bits per heavy atom. The molecule has 0 bridgehead atoms. The average Bonchev–Trinajstić information content (AvgIpc) is 3.36. The SMILES string of the molecule is CC(C)c1ccc(F)cc1N1CS/C1=N\N=C\c1ccc(-c2ncn(-c3ccc(C(F)(F)F)cc3)n2)cc1. The zero-order valence-corrected chi connectivity index (χ0v) is 21.2. The first-order chi connectivity index (χ1) is 18.2. The molecule has 4 aromatic rings. The summed E-state index contributed by atoms with van der Waals surface area (Å²) in [6, 6.07) is 16.9. The van der Waals surface area contributed by atoms with Crippen LogP contribution in [0.15, 0.2) is 83.3 Å². The lowest BCUT2D eigenvalue weighted by molar-refractivity contribution is -0.137. The number of amidine groups is 1. The predicted molar refractivity (Wildman–Crippen MR) is 142 cm³/mol. The molecule has 1 aromatic heterocycles. The van der Waals surface area contributed by atoms with E-state index < -0.39 is 11.7 Å². The minimum Gasteiger partial charge on any atom is -0.309 e. The monoisotopic (exact) mass is 538 g/mol. The molecule has 6 nitrogen and oxygen atoms in total. The van der Waals surface area contributed by atoms with E-state index in [1.807, 2.05) is 35.2 Å². The number of halogens is 4. The molecular formula is C27H22F4N6S. The maximum Gasteiger partial charge on any atom is 0.416 e. The lowest BCUT2D eigenvalue weighted by Gasteiger charge is -2.35. The molecule has 0 unspecified atom stereocenters. The fourth-order valence-electron chi connectivity index (χ4n) is 3.87. The van der Waals surface area contributed by atoms with Gasteiger partial charge in [-0.2, -0.15) is 18.3 Å². The molecule has 2 heterocycles. The summed E-state index contributed by atoms with van der Waals surface area (Å²) in [5.74, 6) is 1.07. The lowest BCUT2D eigenvalue weighted by Crippen LogP contribution is -2.39. The van der Waals surface area contributed by atoms with Crippen molar-refractivity contribution in [3.8, 4) is 17.1 Å². The highest BCUT2D eigenvalue weighted by Crippen LogP contribution is 2.36. The fourth-order valence-corrected chi connectivity index (χ4v) is 4.58. The summed E-state index contributed by atoms with van der Waals surface area (Å²) < 4.78 is 53.7. The zero-order chi connectivity index (χ0) is 26.9. The highest BCUT2D eigenvalue weighted by Gasteiger charge is 2.30. The van der Waals surface area contributed by atoms with Crippen LogP contribution in [0, 0.1) is 5.82 Å². The smallest absolute Gasteiger partial charge is 0.309 e. The molecule has 1 aliphatic rings. The van der Waals surface area contributed by atoms with Gasteiger partial charge in [-0.3, -0.25) is 0 Å². The molecule has 38 heavy (non-hydrogen) atoms. The van der Waals surface area contributed by atoms with Crippen LogP contribution in [-0.4, -0.2) is 32.0 Å². The van der Waals surface area contributed by atoms with Crippen molar-refractivity contribution in [2.75, 3.05) is 10.8 Å². The molecule has 194 valence electrons. The van der Waals surface area contributed by atoms with E-state index in [1.54, 1.807) is 6.21 Å². The number of hydrogen-bond donors (Lipinski definition) is 0. The van der Waals surface area contributed by atoms with Crippen LogP contribution in [0.4, 0.5) is 23.2 Å². The van der Waals surface area contributed by atoms with E-state index in [4.69, 9.17) is 0 Å². The molecule has 11 heteroatoms. The van der Waals surface area contributed by atoms with Crippen LogP contribution in [0.5, 0.6) is 0 Å². The maximum absolute atomic E-state index is 13.9. The molecule has 0 atom stereocenters. The molecule has 0 spiro atoms. The predicted octanol–water partition coefficient (Wildman–Crippen LogP) is 7.12. The summed E-state index contributed by atoms with van der Waals surface area (Å²) in [5, 5.41) is 13.6. The summed E-state index contributed by atoms with van der Waals surface area (Å²) in [7, 11) is 0. The quantitative estimate of drug-likeness (QED) is 0.149. The summed E-state index contributed by atoms with van der Waals surface area (Å²) in [5.41, 5.74) is 3.16. The zero-order valence-electron chi connectivity index (χ0n) is 20.4. The van der Waals surface area contributed by atoms with Crippen molar-refractivity contribution in [2.45, 2.75) is 25.9 Å². The van der Waals surface area contributed by atoms with E-state index in [0.717, 1.165) is 34.5 Å². The standard InChI is InChI=1S/C27H22F4N6S/c1-17(2)23-12-9-21(28)13-24(23)36-16-38-26(36)34-33-14-18-3-5-19(6-4-18)25-32-15-37(35-25)22-10-7-20(8-11-22)27(29,30)31/h3-15,17H,16H2,1-2H3/b33-14+,34-26-. The van der Waals surface area contributed by atoms with Crippen molar-refractivity contribution in [2.24, 2.45) is 10.2 Å². The number of alkyl halides is 3. The summed E-state index contributed by atoms with van der Waals surface area (Å²) in [6.07, 6.45) is -1.32. The van der Waals surface area contributed by atoms with Crippen LogP contribution in [0.1, 0.15) is 36.5 Å². The largest absolute Gasteiger partial charge is 0.416 e. The molecule has 5 rings (SSSR count). The summed E-state index contributed by atoms with van der Waals surface area (Å²) in [4.78, 5) is 6.22. The topological polar surface area (TPSA) is 58.7 Å². The number of benzene rings is 3. The Hall–Kier alpha value is -3.99. The first-order valence-electron chi connectivity index (χ1n) is 11.7. The van der Waals surface area contributed by atoms with Gasteiger partial charge >= 0.3 is 6.18 Å². The Labute approximate surface area is 220 Å². The Balaban J connectivity index is 1.26. The molecule has 0 N–H and O–H groups in total. The Bertz CT molecular complexity index is 1490. The van der Waals surface area contributed by atoms with Gasteiger partial charge in [0.05, 0.1) is 29.0 Å². The molecule has 0 radical (unpaired) electrons. The van der Waals surface area contributed by atoms with Gasteiger partial charge in [-0.15, -0.1) is 10.2 Å². The number of anilines is 1. The first-order valence-corrected chi connectivity index (χ1v) is 12.7. The van der Waals surface area contributed by atoms with Crippen LogP contribution in [-0.2, 0) is 6.18 Å². The van der Waals surface area contributed by atoms with Gasteiger partial charge in [-0.05, 0) is 53.4 Å². The molecule has 1 fully saturated rings. The minimum absolute atomic E-state index is 0.246. The van der Waals surface area contributed by atoms with Gasteiger partial charge < -0.3 is 4.90 Å². The van der Waals surface area contributed by atoms with Crippen LogP contribution >= 0.6 is 11.8 Å². The van der Waals surface area contributed by atoms with Crippen molar-refractivity contribution in [3.05, 3.63) is 95.6 Å². The molecule has 0 aliphatic carbocycles.